The van der Waals surface area contributed by atoms with E-state index in [-0.39, 0.29) is 0 Å². The lowest BCUT2D eigenvalue weighted by Crippen LogP contribution is -2.84. The molecule has 4 aliphatic heterocycles. The third-order valence-electron chi connectivity index (χ3n) is 2.00. The molecule has 6 heteroatoms. The van der Waals surface area contributed by atoms with Gasteiger partial charge in [0.2, 0.25) is 0 Å². The van der Waals surface area contributed by atoms with Crippen LogP contribution in [0, 0.1) is 0 Å². The van der Waals surface area contributed by atoms with Crippen LogP contribution >= 0.6 is 0 Å². The average Bonchev–Trinajstić information content (AvgIpc) is 1.82. The molecule has 0 amide bonds. The van der Waals surface area contributed by atoms with Gasteiger partial charge in [0.25, 0.3) is 0 Å². The molecule has 0 aromatic carbocycles. The van der Waals surface area contributed by atoms with E-state index in [0.29, 0.717) is 6.04 Å². The monoisotopic (exact) mass is 142 g/mol. The van der Waals surface area contributed by atoms with Gasteiger partial charge in [-0.05, 0) is 0 Å². The molecule has 4 heterocycles. The molecule has 10 heavy (non-hydrogen) atoms. The van der Waals surface area contributed by atoms with Crippen LogP contribution in [-0.2, 0) is 0 Å². The Morgan fingerprint density at radius 1 is 1.10 bits per heavy atom. The predicted octanol–water partition coefficient (Wildman–Crippen LogP) is -2.40. The fourth-order valence-corrected chi connectivity index (χ4v) is 1.67. The molecule has 56 valence electrons. The second-order valence-electron chi connectivity index (χ2n) is 2.93. The molecule has 4 fully saturated rings. The molecule has 4 bridgehead atoms. The van der Waals surface area contributed by atoms with Gasteiger partial charge in [0.05, 0.1) is 12.7 Å². The summed E-state index contributed by atoms with van der Waals surface area (Å²) in [6, 6.07) is 0.580. The van der Waals surface area contributed by atoms with Gasteiger partial charge in [0, 0.05) is 13.1 Å². The van der Waals surface area contributed by atoms with Crippen molar-refractivity contribution in [3.8, 4) is 0 Å². The Labute approximate surface area is 58.6 Å². The molecule has 0 aliphatic carbocycles. The first-order valence-corrected chi connectivity index (χ1v) is 3.49. The van der Waals surface area contributed by atoms with Crippen molar-refractivity contribution < 1.29 is 0 Å². The lowest BCUT2D eigenvalue weighted by atomic mass is 10.2. The maximum Gasteiger partial charge on any atom is 0.0966 e. The minimum atomic E-state index is 0.580. The van der Waals surface area contributed by atoms with Crippen LogP contribution in [0.5, 0.6) is 0 Å². The highest BCUT2D eigenvalue weighted by atomic mass is 16.1. The molecule has 4 rings (SSSR count). The van der Waals surface area contributed by atoms with Crippen molar-refractivity contribution >= 4 is 0 Å². The summed E-state index contributed by atoms with van der Waals surface area (Å²) in [5.74, 6) is 0. The van der Waals surface area contributed by atoms with E-state index >= 15 is 0 Å². The number of rotatable bonds is 0. The Morgan fingerprint density at radius 2 is 2.10 bits per heavy atom. The van der Waals surface area contributed by atoms with Gasteiger partial charge >= 0.3 is 0 Å². The molecule has 3 N–H and O–H groups in total. The Morgan fingerprint density at radius 3 is 2.80 bits per heavy atom. The van der Waals surface area contributed by atoms with E-state index in [1.807, 2.05) is 10.2 Å². The first-order valence-electron chi connectivity index (χ1n) is 3.49. The van der Waals surface area contributed by atoms with Crippen molar-refractivity contribution in [2.75, 3.05) is 19.8 Å². The summed E-state index contributed by atoms with van der Waals surface area (Å²) in [5.41, 5.74) is 9.62. The van der Waals surface area contributed by atoms with E-state index in [0.717, 1.165) is 19.8 Å². The molecule has 0 saturated carbocycles. The van der Waals surface area contributed by atoms with E-state index in [4.69, 9.17) is 0 Å². The van der Waals surface area contributed by atoms with Crippen LogP contribution in [0.3, 0.4) is 0 Å². The molecule has 0 aromatic rings. The van der Waals surface area contributed by atoms with Crippen LogP contribution in [0.25, 0.3) is 0 Å². The first-order chi connectivity index (χ1) is 4.90. The Kier molecular flexibility index (Phi) is 0.906. The van der Waals surface area contributed by atoms with Crippen molar-refractivity contribution in [3.05, 3.63) is 0 Å². The summed E-state index contributed by atoms with van der Waals surface area (Å²) < 4.78 is 0. The highest BCUT2D eigenvalue weighted by Crippen LogP contribution is 2.10. The SMILES string of the molecule is C1C2CN3NN1CN(N2)N3. The maximum atomic E-state index is 3.31. The standard InChI is InChI=1S/C4H10N6/c1-4-2-9-6-8(1)3-10(5-4)7-9/h4-7H,1-3H2. The van der Waals surface area contributed by atoms with Gasteiger partial charge < -0.3 is 0 Å². The first kappa shape index (κ1) is 5.42. The summed E-state index contributed by atoms with van der Waals surface area (Å²) in [6.07, 6.45) is 0. The Bertz CT molecular complexity index is 101. The van der Waals surface area contributed by atoms with Crippen molar-refractivity contribution in [2.24, 2.45) is 0 Å². The normalized spacial score (nSPS) is 57.6. The van der Waals surface area contributed by atoms with Crippen molar-refractivity contribution in [3.63, 3.8) is 0 Å². The van der Waals surface area contributed by atoms with Crippen LogP contribution in [0.15, 0.2) is 0 Å². The number of hydrogen-bond donors (Lipinski definition) is 3. The van der Waals surface area contributed by atoms with E-state index in [9.17, 15) is 0 Å². The van der Waals surface area contributed by atoms with Gasteiger partial charge in [-0.1, -0.05) is 0 Å². The van der Waals surface area contributed by atoms with Gasteiger partial charge in [-0.3, -0.25) is 0 Å². The molecule has 0 spiro atoms. The molecule has 0 radical (unpaired) electrons. The predicted molar refractivity (Wildman–Crippen MR) is 33.3 cm³/mol. The zero-order valence-corrected chi connectivity index (χ0v) is 5.54. The van der Waals surface area contributed by atoms with Crippen molar-refractivity contribution in [2.45, 2.75) is 6.04 Å². The van der Waals surface area contributed by atoms with E-state index in [1.165, 1.54) is 0 Å². The van der Waals surface area contributed by atoms with Gasteiger partial charge in [0.15, 0.2) is 0 Å². The van der Waals surface area contributed by atoms with Crippen molar-refractivity contribution in [1.82, 2.24) is 31.7 Å². The summed E-state index contributed by atoms with van der Waals surface area (Å²) in [4.78, 5) is 0. The number of nitrogens with one attached hydrogen (secondary N) is 3. The third kappa shape index (κ3) is 0.628. The Hall–Kier alpha value is -0.240. The second-order valence-corrected chi connectivity index (χ2v) is 2.93. The zero-order chi connectivity index (χ0) is 6.55. The lowest BCUT2D eigenvalue weighted by molar-refractivity contribution is -0.260. The Balaban J connectivity index is 1.90. The summed E-state index contributed by atoms with van der Waals surface area (Å²) in [7, 11) is 0. The highest BCUT2D eigenvalue weighted by molar-refractivity contribution is 4.81. The smallest absolute Gasteiger partial charge is 0.0966 e. The zero-order valence-electron chi connectivity index (χ0n) is 5.54. The molecule has 4 atom stereocenters. The van der Waals surface area contributed by atoms with Crippen LogP contribution in [0.1, 0.15) is 0 Å². The van der Waals surface area contributed by atoms with E-state index in [2.05, 4.69) is 21.5 Å². The molecule has 4 aliphatic rings. The fourth-order valence-electron chi connectivity index (χ4n) is 1.67. The van der Waals surface area contributed by atoms with Crippen molar-refractivity contribution in [1.29, 1.82) is 0 Å². The molecule has 0 aromatic heterocycles. The van der Waals surface area contributed by atoms with Gasteiger partial charge in [0.1, 0.15) is 0 Å². The van der Waals surface area contributed by atoms with Crippen LogP contribution in [-0.4, -0.2) is 41.0 Å². The number of nitrogens with zero attached hydrogens (tertiary/aromatic N) is 3. The number of hydrogen-bond acceptors (Lipinski definition) is 6. The third-order valence-corrected chi connectivity index (χ3v) is 2.00. The second kappa shape index (κ2) is 1.67. The largest absolute Gasteiger partial charge is 0.233 e. The number of hydrazine groups is 5. The molecular weight excluding hydrogens is 132 g/mol. The molecular formula is C4H10N6. The minimum Gasteiger partial charge on any atom is -0.233 e. The quantitative estimate of drug-likeness (QED) is 0.350. The fraction of sp³-hybridized carbons (Fsp3) is 1.00. The molecule has 4 unspecified atom stereocenters. The van der Waals surface area contributed by atoms with Crippen LogP contribution in [0.4, 0.5) is 0 Å². The van der Waals surface area contributed by atoms with E-state index in [1.54, 1.807) is 0 Å². The summed E-state index contributed by atoms with van der Waals surface area (Å²) >= 11 is 0. The molecule has 6 nitrogen and oxygen atoms in total. The van der Waals surface area contributed by atoms with Gasteiger partial charge in [-0.2, -0.15) is 11.1 Å². The van der Waals surface area contributed by atoms with Gasteiger partial charge in [-0.15, -0.1) is 10.2 Å². The highest BCUT2D eigenvalue weighted by Gasteiger charge is 2.37. The van der Waals surface area contributed by atoms with Crippen LogP contribution < -0.4 is 16.5 Å². The van der Waals surface area contributed by atoms with E-state index < -0.39 is 0 Å². The maximum absolute atomic E-state index is 3.31. The van der Waals surface area contributed by atoms with Crippen LogP contribution in [0.2, 0.25) is 0 Å². The lowest BCUT2D eigenvalue weighted by Gasteiger charge is -2.54. The average molecular weight is 142 g/mol. The minimum absolute atomic E-state index is 0.580. The summed E-state index contributed by atoms with van der Waals surface area (Å²) in [6.45, 7) is 3.01. The molecule has 4 saturated heterocycles. The van der Waals surface area contributed by atoms with Gasteiger partial charge in [-0.25, -0.2) is 10.4 Å². The summed E-state index contributed by atoms with van der Waals surface area (Å²) in [5, 5.41) is 6.13. The topological polar surface area (TPSA) is 45.8 Å².